The minimum absolute atomic E-state index is 0.231. The molecule has 1 rings (SSSR count). The lowest BCUT2D eigenvalue weighted by molar-refractivity contribution is -0.132. The molecule has 5 heteroatoms. The van der Waals surface area contributed by atoms with Crippen molar-refractivity contribution in [3.8, 4) is 0 Å². The number of carbonyl (C=O) groups is 1. The maximum atomic E-state index is 11.0. The fourth-order valence-corrected chi connectivity index (χ4v) is 1.35. The zero-order chi connectivity index (χ0) is 12.1. The summed E-state index contributed by atoms with van der Waals surface area (Å²) >= 11 is 5.60. The Morgan fingerprint density at radius 1 is 1.38 bits per heavy atom. The molecule has 0 heterocycles. The number of halogens is 1. The number of anilines is 1. The molecule has 0 bridgehead atoms. The van der Waals surface area contributed by atoms with E-state index in [1.54, 1.807) is 0 Å². The first-order valence-electron chi connectivity index (χ1n) is 4.70. The van der Waals surface area contributed by atoms with Crippen LogP contribution in [-0.2, 0) is 9.53 Å². The summed E-state index contributed by atoms with van der Waals surface area (Å²) in [6.45, 7) is 3.88. The van der Waals surface area contributed by atoms with Crippen molar-refractivity contribution < 1.29 is 9.53 Å². The molecular formula is C11H13ClN2O2. The minimum atomic E-state index is -0.666. The summed E-state index contributed by atoms with van der Waals surface area (Å²) in [5, 5.41) is 3.51. The maximum absolute atomic E-state index is 11.0. The monoisotopic (exact) mass is 240 g/mol. The van der Waals surface area contributed by atoms with Gasteiger partial charge in [0.2, 0.25) is 5.17 Å². The molecule has 0 fully saturated rings. The molecule has 86 valence electrons. The van der Waals surface area contributed by atoms with Crippen molar-refractivity contribution in [3.05, 3.63) is 29.3 Å². The molecule has 0 atom stereocenters. The Morgan fingerprint density at radius 2 is 1.94 bits per heavy atom. The molecule has 0 aromatic heterocycles. The third kappa shape index (κ3) is 2.97. The Hall–Kier alpha value is -1.55. The van der Waals surface area contributed by atoms with Crippen molar-refractivity contribution in [3.63, 3.8) is 0 Å². The number of nitrogens with zero attached hydrogens (tertiary/aromatic N) is 1. The van der Waals surface area contributed by atoms with Gasteiger partial charge in [-0.3, -0.25) is 5.43 Å². The van der Waals surface area contributed by atoms with Crippen molar-refractivity contribution in [2.24, 2.45) is 5.10 Å². The number of para-hydroxylation sites is 1. The highest BCUT2D eigenvalue weighted by Crippen LogP contribution is 2.19. The molecular weight excluding hydrogens is 228 g/mol. The van der Waals surface area contributed by atoms with Crippen molar-refractivity contribution >= 4 is 28.4 Å². The minimum Gasteiger partial charge on any atom is -0.464 e. The Labute approximate surface area is 99.2 Å². The number of nitrogens with one attached hydrogen (secondary N) is 1. The summed E-state index contributed by atoms with van der Waals surface area (Å²) in [4.78, 5) is 11.0. The van der Waals surface area contributed by atoms with Gasteiger partial charge in [-0.15, -0.1) is 0 Å². The molecule has 1 N–H and O–H groups in total. The molecule has 1 aromatic carbocycles. The summed E-state index contributed by atoms with van der Waals surface area (Å²) < 4.78 is 4.42. The molecule has 0 saturated carbocycles. The third-order valence-electron chi connectivity index (χ3n) is 2.10. The number of hydrazone groups is 1. The first kappa shape index (κ1) is 12.5. The molecule has 0 spiro atoms. The van der Waals surface area contributed by atoms with Crippen LogP contribution in [0.15, 0.2) is 23.3 Å². The van der Waals surface area contributed by atoms with Gasteiger partial charge in [0.1, 0.15) is 0 Å². The summed E-state index contributed by atoms with van der Waals surface area (Å²) in [6, 6.07) is 5.83. The predicted octanol–water partition coefficient (Wildman–Crippen LogP) is 2.44. The van der Waals surface area contributed by atoms with E-state index in [1.165, 1.54) is 7.11 Å². The average molecular weight is 241 g/mol. The molecule has 0 radical (unpaired) electrons. The van der Waals surface area contributed by atoms with Gasteiger partial charge in [-0.2, -0.15) is 5.10 Å². The van der Waals surface area contributed by atoms with E-state index < -0.39 is 5.97 Å². The average Bonchev–Trinajstić information content (AvgIpc) is 2.27. The number of hydrogen-bond acceptors (Lipinski definition) is 4. The highest BCUT2D eigenvalue weighted by atomic mass is 35.5. The van der Waals surface area contributed by atoms with Gasteiger partial charge in [-0.05, 0) is 25.0 Å². The summed E-state index contributed by atoms with van der Waals surface area (Å²) in [5.74, 6) is -0.666. The SMILES string of the molecule is COC(=O)C(Cl)=NNc1c(C)cccc1C. The van der Waals surface area contributed by atoms with E-state index >= 15 is 0 Å². The van der Waals surface area contributed by atoms with Crippen LogP contribution in [0.3, 0.4) is 0 Å². The molecule has 1 aromatic rings. The number of methoxy groups -OCH3 is 1. The summed E-state index contributed by atoms with van der Waals surface area (Å²) in [5.41, 5.74) is 5.64. The van der Waals surface area contributed by atoms with Crippen molar-refractivity contribution in [1.82, 2.24) is 0 Å². The van der Waals surface area contributed by atoms with E-state index in [1.807, 2.05) is 32.0 Å². The summed E-state index contributed by atoms with van der Waals surface area (Å²) in [6.07, 6.45) is 0. The molecule has 0 aliphatic carbocycles. The van der Waals surface area contributed by atoms with Crippen LogP contribution in [0.2, 0.25) is 0 Å². The van der Waals surface area contributed by atoms with Gasteiger partial charge in [0, 0.05) is 0 Å². The molecule has 0 unspecified atom stereocenters. The highest BCUT2D eigenvalue weighted by Gasteiger charge is 2.08. The Balaban J connectivity index is 2.86. The topological polar surface area (TPSA) is 50.7 Å². The number of ether oxygens (including phenoxy) is 1. The lowest BCUT2D eigenvalue weighted by Gasteiger charge is -2.08. The number of aryl methyl sites for hydroxylation is 2. The van der Waals surface area contributed by atoms with Crippen molar-refractivity contribution in [2.75, 3.05) is 12.5 Å². The first-order chi connectivity index (χ1) is 7.56. The van der Waals surface area contributed by atoms with E-state index in [-0.39, 0.29) is 5.17 Å². The van der Waals surface area contributed by atoms with E-state index in [0.29, 0.717) is 0 Å². The quantitative estimate of drug-likeness (QED) is 0.502. The number of esters is 1. The van der Waals surface area contributed by atoms with Crippen molar-refractivity contribution in [1.29, 1.82) is 0 Å². The van der Waals surface area contributed by atoms with E-state index in [0.717, 1.165) is 16.8 Å². The van der Waals surface area contributed by atoms with Crippen LogP contribution in [0, 0.1) is 13.8 Å². The smallest absolute Gasteiger partial charge is 0.370 e. The van der Waals surface area contributed by atoms with Gasteiger partial charge in [0.15, 0.2) is 0 Å². The van der Waals surface area contributed by atoms with Crippen LogP contribution in [0.5, 0.6) is 0 Å². The van der Waals surface area contributed by atoms with E-state index in [9.17, 15) is 4.79 Å². The highest BCUT2D eigenvalue weighted by molar-refractivity contribution is 6.82. The maximum Gasteiger partial charge on any atom is 0.370 e. The summed E-state index contributed by atoms with van der Waals surface area (Å²) in [7, 11) is 1.25. The second-order valence-electron chi connectivity index (χ2n) is 3.27. The molecule has 16 heavy (non-hydrogen) atoms. The lowest BCUT2D eigenvalue weighted by atomic mass is 10.1. The first-order valence-corrected chi connectivity index (χ1v) is 5.07. The van der Waals surface area contributed by atoms with Crippen LogP contribution in [0.1, 0.15) is 11.1 Å². The normalized spacial score (nSPS) is 11.1. The third-order valence-corrected chi connectivity index (χ3v) is 2.34. The number of carbonyl (C=O) groups excluding carboxylic acids is 1. The number of rotatable bonds is 3. The van der Waals surface area contributed by atoms with Gasteiger partial charge in [-0.1, -0.05) is 29.8 Å². The van der Waals surface area contributed by atoms with E-state index in [4.69, 9.17) is 11.6 Å². The van der Waals surface area contributed by atoms with Crippen LogP contribution in [0.4, 0.5) is 5.69 Å². The fraction of sp³-hybridized carbons (Fsp3) is 0.273. The Kier molecular flexibility index (Phi) is 4.31. The molecule has 0 aliphatic heterocycles. The number of benzene rings is 1. The van der Waals surface area contributed by atoms with E-state index in [2.05, 4.69) is 15.3 Å². The second kappa shape index (κ2) is 5.51. The van der Waals surface area contributed by atoms with Gasteiger partial charge in [0.25, 0.3) is 0 Å². The van der Waals surface area contributed by atoms with Crippen LogP contribution in [-0.4, -0.2) is 18.2 Å². The van der Waals surface area contributed by atoms with Crippen LogP contribution < -0.4 is 5.43 Å². The second-order valence-corrected chi connectivity index (χ2v) is 3.63. The Morgan fingerprint density at radius 3 is 2.44 bits per heavy atom. The predicted molar refractivity (Wildman–Crippen MR) is 64.8 cm³/mol. The Bertz CT molecular complexity index is 410. The zero-order valence-electron chi connectivity index (χ0n) is 9.37. The van der Waals surface area contributed by atoms with Crippen LogP contribution in [0.25, 0.3) is 0 Å². The van der Waals surface area contributed by atoms with Gasteiger partial charge in [0.05, 0.1) is 12.8 Å². The van der Waals surface area contributed by atoms with Gasteiger partial charge >= 0.3 is 5.97 Å². The molecule has 4 nitrogen and oxygen atoms in total. The van der Waals surface area contributed by atoms with Gasteiger partial charge < -0.3 is 4.74 Å². The van der Waals surface area contributed by atoms with Crippen molar-refractivity contribution in [2.45, 2.75) is 13.8 Å². The molecule has 0 saturated heterocycles. The molecule has 0 aliphatic rings. The van der Waals surface area contributed by atoms with Gasteiger partial charge in [-0.25, -0.2) is 4.79 Å². The van der Waals surface area contributed by atoms with Crippen LogP contribution >= 0.6 is 11.6 Å². The fourth-order valence-electron chi connectivity index (χ4n) is 1.23. The zero-order valence-corrected chi connectivity index (χ0v) is 10.1. The lowest BCUT2D eigenvalue weighted by Crippen LogP contribution is -2.11. The molecule has 0 amide bonds. The number of hydrogen-bond donors (Lipinski definition) is 1. The standard InChI is InChI=1S/C11H13ClN2O2/c1-7-5-4-6-8(2)9(7)13-14-10(12)11(15)16-3/h4-6,13H,1-3H3. The largest absolute Gasteiger partial charge is 0.464 e.